The summed E-state index contributed by atoms with van der Waals surface area (Å²) in [4.78, 5) is 2.20. The van der Waals surface area contributed by atoms with E-state index < -0.39 is 0 Å². The average Bonchev–Trinajstić information content (AvgIpc) is 2.35. The van der Waals surface area contributed by atoms with Crippen molar-refractivity contribution in [3.8, 4) is 0 Å². The van der Waals surface area contributed by atoms with Gasteiger partial charge in [-0.25, -0.2) is 0 Å². The van der Waals surface area contributed by atoms with Gasteiger partial charge in [0.05, 0.1) is 17.3 Å². The molecule has 0 amide bonds. The van der Waals surface area contributed by atoms with Crippen LogP contribution in [0.4, 0.5) is 5.69 Å². The van der Waals surface area contributed by atoms with Gasteiger partial charge in [-0.1, -0.05) is 17.7 Å². The Morgan fingerprint density at radius 3 is 2.59 bits per heavy atom. The van der Waals surface area contributed by atoms with E-state index in [1.807, 2.05) is 25.1 Å². The van der Waals surface area contributed by atoms with Crippen molar-refractivity contribution in [1.29, 1.82) is 0 Å². The van der Waals surface area contributed by atoms with Gasteiger partial charge in [0.25, 0.3) is 0 Å². The summed E-state index contributed by atoms with van der Waals surface area (Å²) in [5, 5.41) is 0.751. The summed E-state index contributed by atoms with van der Waals surface area (Å²) in [6, 6.07) is 5.96. The molecule has 0 aliphatic carbocycles. The van der Waals surface area contributed by atoms with Crippen LogP contribution in [0.15, 0.2) is 18.2 Å². The first-order valence-corrected chi connectivity index (χ1v) is 6.81. The summed E-state index contributed by atoms with van der Waals surface area (Å²) in [5.74, 6) is 0.491. The number of likely N-dealkylation sites (N-methyl/N-ethyl adjacent to an activating group) is 1. The fourth-order valence-corrected chi connectivity index (χ4v) is 2.15. The van der Waals surface area contributed by atoms with Gasteiger partial charge in [-0.2, -0.15) is 0 Å². The molecular weight excluding hydrogens is 257 g/mol. The lowest BCUT2D eigenvalue weighted by Crippen LogP contribution is -2.27. The Bertz CT molecular complexity index is 344. The standard InChI is InChI=1S/C13H19Cl2NO/c1-3-16(7-8-17-4-2)13-6-5-11(10-14)9-12(13)15/h5-6,9H,3-4,7-8,10H2,1-2H3. The zero-order chi connectivity index (χ0) is 12.7. The number of benzene rings is 1. The largest absolute Gasteiger partial charge is 0.380 e. The fraction of sp³-hybridized carbons (Fsp3) is 0.538. The molecule has 1 rings (SSSR count). The normalized spacial score (nSPS) is 10.6. The second kappa shape index (κ2) is 7.80. The summed E-state index contributed by atoms with van der Waals surface area (Å²) in [5.41, 5.74) is 2.09. The first-order valence-electron chi connectivity index (χ1n) is 5.90. The summed E-state index contributed by atoms with van der Waals surface area (Å²) < 4.78 is 5.37. The number of hydrogen-bond acceptors (Lipinski definition) is 2. The highest BCUT2D eigenvalue weighted by atomic mass is 35.5. The van der Waals surface area contributed by atoms with Crippen molar-refractivity contribution in [1.82, 2.24) is 0 Å². The highest BCUT2D eigenvalue weighted by Crippen LogP contribution is 2.27. The van der Waals surface area contributed by atoms with Crippen LogP contribution in [0.2, 0.25) is 5.02 Å². The predicted octanol–water partition coefficient (Wildman–Crippen LogP) is 3.94. The van der Waals surface area contributed by atoms with Crippen molar-refractivity contribution in [3.63, 3.8) is 0 Å². The molecule has 4 heteroatoms. The van der Waals surface area contributed by atoms with Gasteiger partial charge in [0.2, 0.25) is 0 Å². The van der Waals surface area contributed by atoms with E-state index in [1.54, 1.807) is 0 Å². The average molecular weight is 276 g/mol. The SMILES string of the molecule is CCOCCN(CC)c1ccc(CCl)cc1Cl. The maximum absolute atomic E-state index is 6.25. The van der Waals surface area contributed by atoms with Crippen LogP contribution in [0, 0.1) is 0 Å². The Kier molecular flexibility index (Phi) is 6.71. The van der Waals surface area contributed by atoms with Crippen LogP contribution < -0.4 is 4.90 Å². The molecule has 96 valence electrons. The van der Waals surface area contributed by atoms with Gasteiger partial charge in [0.15, 0.2) is 0 Å². The molecule has 17 heavy (non-hydrogen) atoms. The van der Waals surface area contributed by atoms with E-state index in [4.69, 9.17) is 27.9 Å². The molecule has 2 nitrogen and oxygen atoms in total. The summed E-state index contributed by atoms with van der Waals surface area (Å²) in [6.07, 6.45) is 0. The lowest BCUT2D eigenvalue weighted by Gasteiger charge is -2.24. The molecule has 0 bridgehead atoms. The van der Waals surface area contributed by atoms with Crippen molar-refractivity contribution in [3.05, 3.63) is 28.8 Å². The van der Waals surface area contributed by atoms with Crippen LogP contribution in [0.25, 0.3) is 0 Å². The minimum absolute atomic E-state index is 0.491. The number of anilines is 1. The van der Waals surface area contributed by atoms with Gasteiger partial charge in [-0.3, -0.25) is 0 Å². The monoisotopic (exact) mass is 275 g/mol. The molecule has 0 N–H and O–H groups in total. The van der Waals surface area contributed by atoms with E-state index in [-0.39, 0.29) is 0 Å². The smallest absolute Gasteiger partial charge is 0.0642 e. The molecule has 0 aliphatic rings. The van der Waals surface area contributed by atoms with Crippen LogP contribution in [0.1, 0.15) is 19.4 Å². The Morgan fingerprint density at radius 2 is 2.06 bits per heavy atom. The van der Waals surface area contributed by atoms with Crippen LogP contribution in [-0.2, 0) is 10.6 Å². The van der Waals surface area contributed by atoms with E-state index in [0.29, 0.717) is 5.88 Å². The molecule has 0 aromatic heterocycles. The molecule has 0 spiro atoms. The zero-order valence-electron chi connectivity index (χ0n) is 10.4. The first-order chi connectivity index (χ1) is 8.22. The molecule has 0 fully saturated rings. The molecule has 1 aromatic carbocycles. The molecular formula is C13H19Cl2NO. The van der Waals surface area contributed by atoms with Crippen molar-refractivity contribution in [2.45, 2.75) is 19.7 Å². The highest BCUT2D eigenvalue weighted by molar-refractivity contribution is 6.33. The maximum Gasteiger partial charge on any atom is 0.0642 e. The van der Waals surface area contributed by atoms with Gasteiger partial charge in [0, 0.05) is 25.6 Å². The van der Waals surface area contributed by atoms with Gasteiger partial charge < -0.3 is 9.64 Å². The Balaban J connectivity index is 2.73. The van der Waals surface area contributed by atoms with Crippen LogP contribution in [0.5, 0.6) is 0 Å². The molecule has 0 aliphatic heterocycles. The Hall–Kier alpha value is -0.440. The van der Waals surface area contributed by atoms with Gasteiger partial charge in [-0.05, 0) is 31.5 Å². The van der Waals surface area contributed by atoms with Gasteiger partial charge >= 0.3 is 0 Å². The van der Waals surface area contributed by atoms with Crippen molar-refractivity contribution < 1.29 is 4.74 Å². The van der Waals surface area contributed by atoms with Crippen molar-refractivity contribution in [2.24, 2.45) is 0 Å². The van der Waals surface area contributed by atoms with E-state index in [0.717, 1.165) is 42.6 Å². The zero-order valence-corrected chi connectivity index (χ0v) is 11.9. The predicted molar refractivity (Wildman–Crippen MR) is 75.4 cm³/mol. The summed E-state index contributed by atoms with van der Waals surface area (Å²) >= 11 is 12.0. The second-order valence-electron chi connectivity index (χ2n) is 3.70. The van der Waals surface area contributed by atoms with E-state index in [2.05, 4.69) is 11.8 Å². The maximum atomic E-state index is 6.25. The van der Waals surface area contributed by atoms with Crippen molar-refractivity contribution >= 4 is 28.9 Å². The number of rotatable bonds is 7. The fourth-order valence-electron chi connectivity index (χ4n) is 1.66. The van der Waals surface area contributed by atoms with Gasteiger partial charge in [-0.15, -0.1) is 11.6 Å². The third-order valence-electron chi connectivity index (χ3n) is 2.60. The lowest BCUT2D eigenvalue weighted by molar-refractivity contribution is 0.154. The minimum Gasteiger partial charge on any atom is -0.380 e. The summed E-state index contributed by atoms with van der Waals surface area (Å²) in [6.45, 7) is 7.34. The van der Waals surface area contributed by atoms with Crippen LogP contribution >= 0.6 is 23.2 Å². The molecule has 0 atom stereocenters. The van der Waals surface area contributed by atoms with Crippen molar-refractivity contribution in [2.75, 3.05) is 31.2 Å². The lowest BCUT2D eigenvalue weighted by atomic mass is 10.2. The molecule has 0 unspecified atom stereocenters. The highest BCUT2D eigenvalue weighted by Gasteiger charge is 2.08. The number of ether oxygens (including phenoxy) is 1. The van der Waals surface area contributed by atoms with E-state index in [1.165, 1.54) is 0 Å². The van der Waals surface area contributed by atoms with E-state index in [9.17, 15) is 0 Å². The third-order valence-corrected chi connectivity index (χ3v) is 3.21. The quantitative estimate of drug-likeness (QED) is 0.552. The molecule has 0 radical (unpaired) electrons. The first kappa shape index (κ1) is 14.6. The Labute approximate surface area is 113 Å². The number of alkyl halides is 1. The van der Waals surface area contributed by atoms with Crippen LogP contribution in [0.3, 0.4) is 0 Å². The second-order valence-corrected chi connectivity index (χ2v) is 4.37. The molecule has 0 saturated heterocycles. The molecule has 0 saturated carbocycles. The molecule has 0 heterocycles. The van der Waals surface area contributed by atoms with Crippen LogP contribution in [-0.4, -0.2) is 26.3 Å². The number of halogens is 2. The minimum atomic E-state index is 0.491. The number of nitrogens with zero attached hydrogens (tertiary/aromatic N) is 1. The number of hydrogen-bond donors (Lipinski definition) is 0. The third kappa shape index (κ3) is 4.38. The molecule has 1 aromatic rings. The van der Waals surface area contributed by atoms with Gasteiger partial charge in [0.1, 0.15) is 0 Å². The topological polar surface area (TPSA) is 12.5 Å². The van der Waals surface area contributed by atoms with E-state index >= 15 is 0 Å². The Morgan fingerprint density at radius 1 is 1.29 bits per heavy atom. The summed E-state index contributed by atoms with van der Waals surface area (Å²) in [7, 11) is 0.